The molecule has 1 fully saturated rings. The Morgan fingerprint density at radius 1 is 1.22 bits per heavy atom. The Morgan fingerprint density at radius 3 is 2.70 bits per heavy atom. The monoisotopic (exact) mass is 371 g/mol. The van der Waals surface area contributed by atoms with Crippen molar-refractivity contribution in [2.45, 2.75) is 25.4 Å². The predicted molar refractivity (Wildman–Crippen MR) is 101 cm³/mol. The van der Waals surface area contributed by atoms with Gasteiger partial charge in [-0.25, -0.2) is 0 Å². The van der Waals surface area contributed by atoms with E-state index in [9.17, 15) is 9.59 Å². The molecule has 1 aliphatic rings. The number of amides is 2. The van der Waals surface area contributed by atoms with E-state index in [-0.39, 0.29) is 17.6 Å². The van der Waals surface area contributed by atoms with Crippen LogP contribution in [0.3, 0.4) is 0 Å². The molecule has 0 radical (unpaired) electrons. The van der Waals surface area contributed by atoms with Gasteiger partial charge in [0.2, 0.25) is 5.91 Å². The summed E-state index contributed by atoms with van der Waals surface area (Å²) < 4.78 is 11.1. The molecule has 1 unspecified atom stereocenters. The summed E-state index contributed by atoms with van der Waals surface area (Å²) in [5.41, 5.74) is 7.51. The standard InChI is InChI=1S/C20H25N3O4/c1-22-20(25)18(14-7-9-26-10-8-14)23-19(24)17-6-5-16(27-17)15-4-2-3-13(11-15)12-21/h2-6,11,14,18H,7-10,12,21H2,1H3,(H,22,25)(H,23,24). The highest BCUT2D eigenvalue weighted by Crippen LogP contribution is 2.24. The van der Waals surface area contributed by atoms with Crippen molar-refractivity contribution in [2.24, 2.45) is 11.7 Å². The first-order valence-electron chi connectivity index (χ1n) is 9.11. The van der Waals surface area contributed by atoms with Gasteiger partial charge in [-0.1, -0.05) is 18.2 Å². The number of nitrogens with two attached hydrogens (primary N) is 1. The number of carbonyl (C=O) groups excluding carboxylic acids is 2. The summed E-state index contributed by atoms with van der Waals surface area (Å²) >= 11 is 0. The van der Waals surface area contributed by atoms with Gasteiger partial charge in [0.1, 0.15) is 11.8 Å². The van der Waals surface area contributed by atoms with Crippen LogP contribution in [0.2, 0.25) is 0 Å². The van der Waals surface area contributed by atoms with Crippen LogP contribution >= 0.6 is 0 Å². The zero-order valence-corrected chi connectivity index (χ0v) is 15.4. The van der Waals surface area contributed by atoms with E-state index in [1.165, 1.54) is 0 Å². The van der Waals surface area contributed by atoms with Gasteiger partial charge in [0, 0.05) is 32.4 Å². The van der Waals surface area contributed by atoms with Crippen LogP contribution in [-0.2, 0) is 16.1 Å². The molecule has 4 N–H and O–H groups in total. The molecular weight excluding hydrogens is 346 g/mol. The zero-order valence-electron chi connectivity index (χ0n) is 15.4. The number of hydrogen-bond acceptors (Lipinski definition) is 5. The molecule has 1 aromatic carbocycles. The third kappa shape index (κ3) is 4.56. The van der Waals surface area contributed by atoms with Gasteiger partial charge < -0.3 is 25.5 Å². The van der Waals surface area contributed by atoms with E-state index in [2.05, 4.69) is 10.6 Å². The SMILES string of the molecule is CNC(=O)C(NC(=O)c1ccc(-c2cccc(CN)c2)o1)C1CCOCC1. The number of benzene rings is 1. The Hall–Kier alpha value is -2.64. The first-order chi connectivity index (χ1) is 13.1. The van der Waals surface area contributed by atoms with Crippen LogP contribution in [-0.4, -0.2) is 38.1 Å². The van der Waals surface area contributed by atoms with Gasteiger partial charge in [-0.05, 0) is 42.5 Å². The van der Waals surface area contributed by atoms with Gasteiger partial charge >= 0.3 is 0 Å². The molecule has 0 aliphatic carbocycles. The second-order valence-corrected chi connectivity index (χ2v) is 6.58. The van der Waals surface area contributed by atoms with Gasteiger partial charge in [0.25, 0.3) is 5.91 Å². The highest BCUT2D eigenvalue weighted by atomic mass is 16.5. The van der Waals surface area contributed by atoms with Crippen molar-refractivity contribution in [3.63, 3.8) is 0 Å². The second kappa shape index (κ2) is 8.83. The maximum atomic E-state index is 12.6. The maximum absolute atomic E-state index is 12.6. The lowest BCUT2D eigenvalue weighted by Crippen LogP contribution is -2.51. The minimum Gasteiger partial charge on any atom is -0.451 e. The molecule has 0 bridgehead atoms. The number of carbonyl (C=O) groups is 2. The number of ether oxygens (including phenoxy) is 1. The number of likely N-dealkylation sites (N-methyl/N-ethyl adjacent to an activating group) is 1. The number of hydrogen-bond donors (Lipinski definition) is 3. The molecule has 2 aromatic rings. The van der Waals surface area contributed by atoms with E-state index >= 15 is 0 Å². The molecule has 7 heteroatoms. The molecule has 7 nitrogen and oxygen atoms in total. The van der Waals surface area contributed by atoms with E-state index in [1.807, 2.05) is 24.3 Å². The van der Waals surface area contributed by atoms with Gasteiger partial charge in [-0.15, -0.1) is 0 Å². The number of rotatable bonds is 6. The topological polar surface area (TPSA) is 107 Å². The Morgan fingerprint density at radius 2 is 2.00 bits per heavy atom. The summed E-state index contributed by atoms with van der Waals surface area (Å²) in [6.45, 7) is 1.62. The Kier molecular flexibility index (Phi) is 6.26. The van der Waals surface area contributed by atoms with Crippen molar-refractivity contribution < 1.29 is 18.7 Å². The van der Waals surface area contributed by atoms with Crippen molar-refractivity contribution in [1.29, 1.82) is 0 Å². The average molecular weight is 371 g/mol. The first-order valence-corrected chi connectivity index (χ1v) is 9.11. The lowest BCUT2D eigenvalue weighted by atomic mass is 9.91. The molecule has 2 amide bonds. The van der Waals surface area contributed by atoms with Crippen LogP contribution in [0.4, 0.5) is 0 Å². The fourth-order valence-corrected chi connectivity index (χ4v) is 3.28. The molecule has 2 heterocycles. The molecule has 27 heavy (non-hydrogen) atoms. The predicted octanol–water partition coefficient (Wildman–Crippen LogP) is 1.68. The normalized spacial score (nSPS) is 15.9. The van der Waals surface area contributed by atoms with E-state index < -0.39 is 11.9 Å². The van der Waals surface area contributed by atoms with Crippen LogP contribution in [0.5, 0.6) is 0 Å². The molecule has 0 spiro atoms. The lowest BCUT2D eigenvalue weighted by Gasteiger charge is -2.29. The van der Waals surface area contributed by atoms with Gasteiger partial charge in [0.05, 0.1) is 0 Å². The Bertz CT molecular complexity index is 796. The van der Waals surface area contributed by atoms with Crippen LogP contribution in [0.25, 0.3) is 11.3 Å². The van der Waals surface area contributed by atoms with Crippen LogP contribution in [0.15, 0.2) is 40.8 Å². The minimum absolute atomic E-state index is 0.0401. The van der Waals surface area contributed by atoms with Crippen molar-refractivity contribution in [1.82, 2.24) is 10.6 Å². The molecule has 3 rings (SSSR count). The highest BCUT2D eigenvalue weighted by Gasteiger charge is 2.31. The van der Waals surface area contributed by atoms with Crippen molar-refractivity contribution in [2.75, 3.05) is 20.3 Å². The summed E-state index contributed by atoms with van der Waals surface area (Å²) in [5.74, 6) is 0.175. The van der Waals surface area contributed by atoms with E-state index in [4.69, 9.17) is 14.9 Å². The van der Waals surface area contributed by atoms with E-state index in [1.54, 1.807) is 19.2 Å². The Balaban J connectivity index is 1.74. The van der Waals surface area contributed by atoms with Crippen molar-refractivity contribution in [3.05, 3.63) is 47.7 Å². The average Bonchev–Trinajstić information content (AvgIpc) is 3.22. The molecule has 1 atom stereocenters. The highest BCUT2D eigenvalue weighted by molar-refractivity contribution is 5.96. The number of furan rings is 1. The van der Waals surface area contributed by atoms with Gasteiger partial charge in [-0.3, -0.25) is 9.59 Å². The summed E-state index contributed by atoms with van der Waals surface area (Å²) in [5, 5.41) is 5.45. The molecule has 1 aliphatic heterocycles. The summed E-state index contributed by atoms with van der Waals surface area (Å²) in [7, 11) is 1.57. The summed E-state index contributed by atoms with van der Waals surface area (Å²) in [4.78, 5) is 24.9. The van der Waals surface area contributed by atoms with Crippen LogP contribution in [0.1, 0.15) is 29.0 Å². The van der Waals surface area contributed by atoms with Crippen molar-refractivity contribution in [3.8, 4) is 11.3 Å². The number of nitrogens with one attached hydrogen (secondary N) is 2. The first kappa shape index (κ1) is 19.1. The molecular formula is C20H25N3O4. The largest absolute Gasteiger partial charge is 0.451 e. The third-order valence-electron chi connectivity index (χ3n) is 4.83. The van der Waals surface area contributed by atoms with E-state index in [0.717, 1.165) is 24.0 Å². The lowest BCUT2D eigenvalue weighted by molar-refractivity contribution is -0.124. The second-order valence-electron chi connectivity index (χ2n) is 6.58. The third-order valence-corrected chi connectivity index (χ3v) is 4.83. The van der Waals surface area contributed by atoms with Crippen LogP contribution in [0, 0.1) is 5.92 Å². The van der Waals surface area contributed by atoms with Gasteiger partial charge in [-0.2, -0.15) is 0 Å². The minimum atomic E-state index is -0.611. The summed E-state index contributed by atoms with van der Waals surface area (Å²) in [6, 6.07) is 10.4. The van der Waals surface area contributed by atoms with Crippen LogP contribution < -0.4 is 16.4 Å². The fraction of sp³-hybridized carbons (Fsp3) is 0.400. The van der Waals surface area contributed by atoms with Crippen molar-refractivity contribution >= 4 is 11.8 Å². The maximum Gasteiger partial charge on any atom is 0.287 e. The Labute approximate surface area is 158 Å². The molecule has 1 saturated heterocycles. The quantitative estimate of drug-likeness (QED) is 0.716. The summed E-state index contributed by atoms with van der Waals surface area (Å²) in [6.07, 6.45) is 1.46. The molecule has 144 valence electrons. The fourth-order valence-electron chi connectivity index (χ4n) is 3.28. The zero-order chi connectivity index (χ0) is 19.2. The van der Waals surface area contributed by atoms with E-state index in [0.29, 0.717) is 25.5 Å². The molecule has 1 aromatic heterocycles. The molecule has 0 saturated carbocycles. The smallest absolute Gasteiger partial charge is 0.287 e. The van der Waals surface area contributed by atoms with Gasteiger partial charge in [0.15, 0.2) is 5.76 Å².